The highest BCUT2D eigenvalue weighted by molar-refractivity contribution is 8.15. The third-order valence-electron chi connectivity index (χ3n) is 2.10. The van der Waals surface area contributed by atoms with Gasteiger partial charge in [0.25, 0.3) is 0 Å². The molecular formula is C11H14O2S. The molecular weight excluding hydrogens is 196 g/mol. The Morgan fingerprint density at radius 1 is 1.71 bits per heavy atom. The van der Waals surface area contributed by atoms with Crippen molar-refractivity contribution in [2.45, 2.75) is 18.6 Å². The Kier molecular flexibility index (Phi) is 3.21. The number of ether oxygens (including phenoxy) is 1. The molecule has 0 fully saturated rings. The van der Waals surface area contributed by atoms with Crippen LogP contribution in [0.3, 0.4) is 0 Å². The lowest BCUT2D eigenvalue weighted by molar-refractivity contribution is -0.107. The van der Waals surface area contributed by atoms with Gasteiger partial charge in [-0.05, 0) is 13.8 Å². The molecule has 0 saturated carbocycles. The average molecular weight is 210 g/mol. The van der Waals surface area contributed by atoms with E-state index in [4.69, 9.17) is 4.74 Å². The molecule has 0 radical (unpaired) electrons. The Labute approximate surface area is 88.7 Å². The van der Waals surface area contributed by atoms with E-state index < -0.39 is 0 Å². The van der Waals surface area contributed by atoms with Crippen LogP contribution in [-0.4, -0.2) is 17.0 Å². The van der Waals surface area contributed by atoms with Crippen LogP contribution in [0.15, 0.2) is 36.1 Å². The smallest absolute Gasteiger partial charge is 0.216 e. The molecule has 0 N–H and O–H groups in total. The van der Waals surface area contributed by atoms with Gasteiger partial charge in [-0.3, -0.25) is 4.79 Å². The molecule has 0 saturated heterocycles. The molecule has 0 amide bonds. The van der Waals surface area contributed by atoms with Crippen molar-refractivity contribution >= 4 is 16.9 Å². The van der Waals surface area contributed by atoms with Crippen LogP contribution in [0, 0.1) is 0 Å². The van der Waals surface area contributed by atoms with Crippen molar-refractivity contribution in [1.29, 1.82) is 0 Å². The molecule has 1 heterocycles. The molecule has 1 atom stereocenters. The maximum atomic E-state index is 11.2. The normalized spacial score (nSPS) is 27.5. The monoisotopic (exact) mass is 210 g/mol. The molecule has 1 aliphatic rings. The van der Waals surface area contributed by atoms with Gasteiger partial charge in [-0.2, -0.15) is 0 Å². The molecule has 0 aromatic heterocycles. The molecule has 0 unspecified atom stereocenters. The SMILES string of the molecule is C=C/C(C)=C\[C@@]1(C)SC(=O)C=C1OC. The lowest BCUT2D eigenvalue weighted by atomic mass is 10.0. The Morgan fingerprint density at radius 2 is 2.36 bits per heavy atom. The number of hydrogen-bond acceptors (Lipinski definition) is 3. The summed E-state index contributed by atoms with van der Waals surface area (Å²) in [5.41, 5.74) is 1.04. The first kappa shape index (κ1) is 11.1. The zero-order chi connectivity index (χ0) is 10.8. The van der Waals surface area contributed by atoms with Gasteiger partial charge in [0.15, 0.2) is 0 Å². The first-order valence-corrected chi connectivity index (χ1v) is 5.14. The highest BCUT2D eigenvalue weighted by Gasteiger charge is 2.37. The van der Waals surface area contributed by atoms with Crippen molar-refractivity contribution in [1.82, 2.24) is 0 Å². The fourth-order valence-corrected chi connectivity index (χ4v) is 2.47. The largest absolute Gasteiger partial charge is 0.499 e. The predicted octanol–water partition coefficient (Wildman–Crippen LogP) is 2.68. The summed E-state index contributed by atoms with van der Waals surface area (Å²) in [7, 11) is 1.58. The van der Waals surface area contributed by atoms with Gasteiger partial charge in [0.2, 0.25) is 5.12 Å². The first-order valence-electron chi connectivity index (χ1n) is 4.33. The quantitative estimate of drug-likeness (QED) is 0.670. The third-order valence-corrected chi connectivity index (χ3v) is 3.16. The van der Waals surface area contributed by atoms with Crippen molar-refractivity contribution in [2.75, 3.05) is 7.11 Å². The number of carbonyl (C=O) groups is 1. The minimum atomic E-state index is -0.371. The molecule has 0 aliphatic carbocycles. The molecule has 2 nitrogen and oxygen atoms in total. The standard InChI is InChI=1S/C11H14O2S/c1-5-8(2)7-11(3)9(13-4)6-10(12)14-11/h5-7H,1H2,2-4H3/b8-7-/t11-/m1/s1. The summed E-state index contributed by atoms with van der Waals surface area (Å²) in [6, 6.07) is 0. The third kappa shape index (κ3) is 2.10. The van der Waals surface area contributed by atoms with E-state index in [9.17, 15) is 4.79 Å². The van der Waals surface area contributed by atoms with Crippen molar-refractivity contribution in [3.63, 3.8) is 0 Å². The van der Waals surface area contributed by atoms with Gasteiger partial charge in [-0.15, -0.1) is 0 Å². The molecule has 76 valence electrons. The van der Waals surface area contributed by atoms with E-state index in [-0.39, 0.29) is 9.86 Å². The van der Waals surface area contributed by atoms with Gasteiger partial charge in [0.05, 0.1) is 11.9 Å². The van der Waals surface area contributed by atoms with E-state index in [1.54, 1.807) is 13.2 Å². The molecule has 0 aromatic carbocycles. The fraction of sp³-hybridized carbons (Fsp3) is 0.364. The van der Waals surface area contributed by atoms with Gasteiger partial charge in [0, 0.05) is 6.08 Å². The number of methoxy groups -OCH3 is 1. The Morgan fingerprint density at radius 3 is 2.86 bits per heavy atom. The second-order valence-corrected chi connectivity index (χ2v) is 4.79. The van der Waals surface area contributed by atoms with E-state index in [2.05, 4.69) is 6.58 Å². The first-order chi connectivity index (χ1) is 6.51. The highest BCUT2D eigenvalue weighted by Crippen LogP contribution is 2.41. The van der Waals surface area contributed by atoms with Gasteiger partial charge in [-0.1, -0.05) is 36.1 Å². The fourth-order valence-electron chi connectivity index (χ4n) is 1.39. The van der Waals surface area contributed by atoms with Crippen molar-refractivity contribution < 1.29 is 9.53 Å². The molecule has 0 spiro atoms. The Hall–Kier alpha value is -0.960. The van der Waals surface area contributed by atoms with Gasteiger partial charge in [0.1, 0.15) is 5.76 Å². The van der Waals surface area contributed by atoms with Crippen molar-refractivity contribution in [2.24, 2.45) is 0 Å². The van der Waals surface area contributed by atoms with Crippen LogP contribution in [0.2, 0.25) is 0 Å². The van der Waals surface area contributed by atoms with E-state index >= 15 is 0 Å². The van der Waals surface area contributed by atoms with Crippen LogP contribution >= 0.6 is 11.8 Å². The molecule has 0 aromatic rings. The summed E-state index contributed by atoms with van der Waals surface area (Å²) in [5.74, 6) is 0.703. The Bertz CT molecular complexity index is 328. The minimum absolute atomic E-state index is 0.0393. The summed E-state index contributed by atoms with van der Waals surface area (Å²) in [5, 5.41) is 0.0393. The van der Waals surface area contributed by atoms with Crippen LogP contribution in [0.4, 0.5) is 0 Å². The topological polar surface area (TPSA) is 26.3 Å². The zero-order valence-corrected chi connectivity index (χ0v) is 9.48. The van der Waals surface area contributed by atoms with E-state index in [1.807, 2.05) is 19.9 Å². The molecule has 14 heavy (non-hydrogen) atoms. The number of carbonyl (C=O) groups excluding carboxylic acids is 1. The number of thioether (sulfide) groups is 1. The van der Waals surface area contributed by atoms with Crippen LogP contribution in [0.25, 0.3) is 0 Å². The predicted molar refractivity (Wildman–Crippen MR) is 60.0 cm³/mol. The molecule has 3 heteroatoms. The summed E-state index contributed by atoms with van der Waals surface area (Å²) >= 11 is 1.26. The van der Waals surface area contributed by atoms with Crippen LogP contribution < -0.4 is 0 Å². The van der Waals surface area contributed by atoms with E-state index in [0.29, 0.717) is 5.76 Å². The maximum Gasteiger partial charge on any atom is 0.216 e. The number of rotatable bonds is 3. The number of allylic oxidation sites excluding steroid dienone is 2. The van der Waals surface area contributed by atoms with E-state index in [1.165, 1.54) is 17.8 Å². The zero-order valence-electron chi connectivity index (χ0n) is 8.66. The molecule has 1 rings (SSSR count). The second-order valence-electron chi connectivity index (χ2n) is 3.33. The lowest BCUT2D eigenvalue weighted by Gasteiger charge is -2.21. The summed E-state index contributed by atoms with van der Waals surface area (Å²) in [6.07, 6.45) is 5.30. The summed E-state index contributed by atoms with van der Waals surface area (Å²) < 4.78 is 4.81. The maximum absolute atomic E-state index is 11.2. The Balaban J connectivity index is 3.01. The second kappa shape index (κ2) is 4.05. The van der Waals surface area contributed by atoms with Gasteiger partial charge in [-0.25, -0.2) is 0 Å². The summed E-state index contributed by atoms with van der Waals surface area (Å²) in [6.45, 7) is 7.60. The summed E-state index contributed by atoms with van der Waals surface area (Å²) in [4.78, 5) is 11.2. The number of hydrogen-bond donors (Lipinski definition) is 0. The van der Waals surface area contributed by atoms with E-state index in [0.717, 1.165) is 5.57 Å². The minimum Gasteiger partial charge on any atom is -0.499 e. The molecule has 1 aliphatic heterocycles. The molecule has 0 bridgehead atoms. The lowest BCUT2D eigenvalue weighted by Crippen LogP contribution is -2.18. The van der Waals surface area contributed by atoms with Crippen LogP contribution in [-0.2, 0) is 9.53 Å². The van der Waals surface area contributed by atoms with Gasteiger partial charge < -0.3 is 4.74 Å². The average Bonchev–Trinajstić information content (AvgIpc) is 2.40. The van der Waals surface area contributed by atoms with Crippen molar-refractivity contribution in [3.05, 3.63) is 36.1 Å². The van der Waals surface area contributed by atoms with Crippen LogP contribution in [0.1, 0.15) is 13.8 Å². The van der Waals surface area contributed by atoms with Gasteiger partial charge >= 0.3 is 0 Å². The highest BCUT2D eigenvalue weighted by atomic mass is 32.2. The van der Waals surface area contributed by atoms with Crippen LogP contribution in [0.5, 0.6) is 0 Å². The van der Waals surface area contributed by atoms with Crippen molar-refractivity contribution in [3.8, 4) is 0 Å².